The summed E-state index contributed by atoms with van der Waals surface area (Å²) in [6.45, 7) is 0.425. The molecule has 0 atom stereocenters. The normalized spacial score (nSPS) is 10.2. The molecule has 0 aliphatic rings. The summed E-state index contributed by atoms with van der Waals surface area (Å²) in [4.78, 5) is 11.8. The summed E-state index contributed by atoms with van der Waals surface area (Å²) in [5.74, 6) is 0. The molecule has 0 saturated heterocycles. The summed E-state index contributed by atoms with van der Waals surface area (Å²) in [5, 5.41) is 6.31. The molecule has 2 amide bonds. The van der Waals surface area contributed by atoms with Crippen molar-refractivity contribution in [2.75, 3.05) is 5.32 Å². The Labute approximate surface area is 135 Å². The van der Waals surface area contributed by atoms with E-state index in [1.165, 1.54) is 0 Å². The van der Waals surface area contributed by atoms with Crippen LogP contribution in [0.4, 0.5) is 10.5 Å². The maximum atomic E-state index is 11.8. The first-order valence-corrected chi connectivity index (χ1v) is 7.34. The Balaban J connectivity index is 1.93. The van der Waals surface area contributed by atoms with Crippen molar-refractivity contribution in [1.29, 1.82) is 0 Å². The van der Waals surface area contributed by atoms with E-state index in [1.54, 1.807) is 18.2 Å². The zero-order valence-corrected chi connectivity index (χ0v) is 13.4. The molecule has 20 heavy (non-hydrogen) atoms. The van der Waals surface area contributed by atoms with Crippen LogP contribution in [0.3, 0.4) is 0 Å². The molecule has 2 rings (SSSR count). The first kappa shape index (κ1) is 15.2. The van der Waals surface area contributed by atoms with Gasteiger partial charge >= 0.3 is 6.03 Å². The summed E-state index contributed by atoms with van der Waals surface area (Å²) in [5.41, 5.74) is 1.58. The summed E-state index contributed by atoms with van der Waals surface area (Å²) >= 11 is 15.1. The fraction of sp³-hybridized carbons (Fsp3) is 0.0714. The second-order valence-electron chi connectivity index (χ2n) is 4.03. The Morgan fingerprint density at radius 1 is 1.10 bits per heavy atom. The number of anilines is 1. The molecule has 0 spiro atoms. The van der Waals surface area contributed by atoms with E-state index >= 15 is 0 Å². The lowest BCUT2D eigenvalue weighted by molar-refractivity contribution is 0.251. The molecule has 0 radical (unpaired) electrons. The molecule has 104 valence electrons. The van der Waals surface area contributed by atoms with Crippen molar-refractivity contribution in [3.05, 3.63) is 62.5 Å². The van der Waals surface area contributed by atoms with Gasteiger partial charge in [0.15, 0.2) is 0 Å². The second kappa shape index (κ2) is 6.97. The van der Waals surface area contributed by atoms with E-state index in [1.807, 2.05) is 24.3 Å². The molecular formula is C14H11BrCl2N2O. The third-order valence-electron chi connectivity index (χ3n) is 2.57. The number of carbonyl (C=O) groups is 1. The number of nitrogens with one attached hydrogen (secondary N) is 2. The Morgan fingerprint density at radius 3 is 2.55 bits per heavy atom. The fourth-order valence-electron chi connectivity index (χ4n) is 1.57. The summed E-state index contributed by atoms with van der Waals surface area (Å²) in [6, 6.07) is 12.3. The van der Waals surface area contributed by atoms with E-state index in [0.29, 0.717) is 22.3 Å². The minimum Gasteiger partial charge on any atom is -0.334 e. The number of urea groups is 1. The number of amides is 2. The highest BCUT2D eigenvalue weighted by atomic mass is 79.9. The molecule has 6 heteroatoms. The lowest BCUT2D eigenvalue weighted by atomic mass is 10.2. The van der Waals surface area contributed by atoms with Crippen LogP contribution in [0, 0.1) is 0 Å². The van der Waals surface area contributed by atoms with Gasteiger partial charge in [-0.3, -0.25) is 0 Å². The first-order valence-electron chi connectivity index (χ1n) is 5.79. The molecule has 0 unspecified atom stereocenters. The Kier molecular flexibility index (Phi) is 5.29. The minimum absolute atomic E-state index is 0.306. The van der Waals surface area contributed by atoms with Crippen molar-refractivity contribution < 1.29 is 4.79 Å². The number of hydrogen-bond donors (Lipinski definition) is 2. The highest BCUT2D eigenvalue weighted by molar-refractivity contribution is 9.10. The summed E-state index contributed by atoms with van der Waals surface area (Å²) < 4.78 is 0.954. The lowest BCUT2D eigenvalue weighted by Gasteiger charge is -2.09. The lowest BCUT2D eigenvalue weighted by Crippen LogP contribution is -2.28. The van der Waals surface area contributed by atoms with E-state index in [4.69, 9.17) is 23.2 Å². The van der Waals surface area contributed by atoms with Crippen molar-refractivity contribution in [1.82, 2.24) is 5.32 Å². The number of benzene rings is 2. The molecule has 2 aromatic carbocycles. The Morgan fingerprint density at radius 2 is 1.85 bits per heavy atom. The average Bonchev–Trinajstić information content (AvgIpc) is 2.42. The highest BCUT2D eigenvalue weighted by Gasteiger charge is 2.05. The van der Waals surface area contributed by atoms with Gasteiger partial charge in [0.05, 0.1) is 10.0 Å². The van der Waals surface area contributed by atoms with Gasteiger partial charge in [-0.15, -0.1) is 0 Å². The third-order valence-corrected chi connectivity index (χ3v) is 4.09. The predicted octanol–water partition coefficient (Wildman–Crippen LogP) is 5.08. The van der Waals surface area contributed by atoms with E-state index in [0.717, 1.165) is 10.0 Å². The smallest absolute Gasteiger partial charge is 0.319 e. The van der Waals surface area contributed by atoms with Crippen molar-refractivity contribution in [2.24, 2.45) is 0 Å². The molecule has 0 aromatic heterocycles. The van der Waals surface area contributed by atoms with Crippen LogP contribution in [0.25, 0.3) is 0 Å². The van der Waals surface area contributed by atoms with Crippen molar-refractivity contribution in [3.63, 3.8) is 0 Å². The molecule has 0 aliphatic carbocycles. The van der Waals surface area contributed by atoms with Crippen LogP contribution in [-0.4, -0.2) is 6.03 Å². The van der Waals surface area contributed by atoms with E-state index in [2.05, 4.69) is 26.6 Å². The SMILES string of the molecule is O=C(NCc1ccccc1Br)Nc1ccc(Cl)c(Cl)c1. The van der Waals surface area contributed by atoms with E-state index in [-0.39, 0.29) is 6.03 Å². The van der Waals surface area contributed by atoms with Crippen LogP contribution < -0.4 is 10.6 Å². The summed E-state index contributed by atoms with van der Waals surface area (Å²) in [7, 11) is 0. The van der Waals surface area contributed by atoms with E-state index in [9.17, 15) is 4.79 Å². The highest BCUT2D eigenvalue weighted by Crippen LogP contribution is 2.24. The molecule has 0 fully saturated rings. The monoisotopic (exact) mass is 372 g/mol. The second-order valence-corrected chi connectivity index (χ2v) is 5.70. The van der Waals surface area contributed by atoms with Gasteiger partial charge in [0.2, 0.25) is 0 Å². The van der Waals surface area contributed by atoms with Crippen molar-refractivity contribution in [3.8, 4) is 0 Å². The van der Waals surface area contributed by atoms with Gasteiger partial charge in [-0.1, -0.05) is 57.3 Å². The van der Waals surface area contributed by atoms with E-state index < -0.39 is 0 Å². The molecular weight excluding hydrogens is 363 g/mol. The molecule has 0 aliphatic heterocycles. The van der Waals surface area contributed by atoms with Gasteiger partial charge in [-0.2, -0.15) is 0 Å². The van der Waals surface area contributed by atoms with Crippen LogP contribution in [-0.2, 0) is 6.54 Å². The van der Waals surface area contributed by atoms with Crippen LogP contribution in [0.5, 0.6) is 0 Å². The quantitative estimate of drug-likeness (QED) is 0.773. The number of carbonyl (C=O) groups excluding carboxylic acids is 1. The molecule has 2 aromatic rings. The number of halogens is 3. The summed E-state index contributed by atoms with van der Waals surface area (Å²) in [6.07, 6.45) is 0. The molecule has 0 heterocycles. The van der Waals surface area contributed by atoms with Crippen molar-refractivity contribution >= 4 is 50.9 Å². The first-order chi connectivity index (χ1) is 9.56. The fourth-order valence-corrected chi connectivity index (χ4v) is 2.29. The van der Waals surface area contributed by atoms with Gasteiger partial charge in [-0.05, 0) is 29.8 Å². The Hall–Kier alpha value is -1.23. The van der Waals surface area contributed by atoms with Gasteiger partial charge in [0, 0.05) is 16.7 Å². The number of hydrogen-bond acceptors (Lipinski definition) is 1. The van der Waals surface area contributed by atoms with Crippen LogP contribution in [0.1, 0.15) is 5.56 Å². The average molecular weight is 374 g/mol. The van der Waals surface area contributed by atoms with Crippen LogP contribution >= 0.6 is 39.1 Å². The van der Waals surface area contributed by atoms with Gasteiger partial charge in [-0.25, -0.2) is 4.79 Å². The standard InChI is InChI=1S/C14H11BrCl2N2O/c15-11-4-2-1-3-9(11)8-18-14(20)19-10-5-6-12(16)13(17)7-10/h1-7H,8H2,(H2,18,19,20). The maximum Gasteiger partial charge on any atom is 0.319 e. The molecule has 2 N–H and O–H groups in total. The largest absolute Gasteiger partial charge is 0.334 e. The number of rotatable bonds is 3. The van der Waals surface area contributed by atoms with Crippen LogP contribution in [0.15, 0.2) is 46.9 Å². The minimum atomic E-state index is -0.306. The Bertz CT molecular complexity index is 634. The van der Waals surface area contributed by atoms with Gasteiger partial charge in [0.1, 0.15) is 0 Å². The van der Waals surface area contributed by atoms with Crippen LogP contribution in [0.2, 0.25) is 10.0 Å². The maximum absolute atomic E-state index is 11.8. The zero-order chi connectivity index (χ0) is 14.5. The molecule has 3 nitrogen and oxygen atoms in total. The topological polar surface area (TPSA) is 41.1 Å². The zero-order valence-electron chi connectivity index (χ0n) is 10.3. The van der Waals surface area contributed by atoms with Crippen molar-refractivity contribution in [2.45, 2.75) is 6.54 Å². The molecule has 0 bridgehead atoms. The van der Waals surface area contributed by atoms with Gasteiger partial charge < -0.3 is 10.6 Å². The predicted molar refractivity (Wildman–Crippen MR) is 86.5 cm³/mol. The van der Waals surface area contributed by atoms with Gasteiger partial charge in [0.25, 0.3) is 0 Å². The third kappa shape index (κ3) is 4.13. The molecule has 0 saturated carbocycles.